The smallest absolute Gasteiger partial charge is 0.166 e. The molecule has 0 aliphatic rings. The molecule has 1 heterocycles. The number of para-hydroxylation sites is 1. The minimum Gasteiger partial charge on any atom is -0.496 e. The van der Waals surface area contributed by atoms with Crippen molar-refractivity contribution in [2.45, 2.75) is 6.54 Å². The SMILES string of the molecule is COc1ccccc1CNc1ncc(Br)cc1F. The van der Waals surface area contributed by atoms with Crippen LogP contribution in [0.3, 0.4) is 0 Å². The molecule has 0 aliphatic heterocycles. The van der Waals surface area contributed by atoms with Gasteiger partial charge in [-0.3, -0.25) is 0 Å². The number of methoxy groups -OCH3 is 1. The van der Waals surface area contributed by atoms with Crippen molar-refractivity contribution in [3.8, 4) is 5.75 Å². The molecule has 0 spiro atoms. The highest BCUT2D eigenvalue weighted by Crippen LogP contribution is 2.20. The number of anilines is 1. The first-order valence-corrected chi connectivity index (χ1v) is 6.17. The van der Waals surface area contributed by atoms with Crippen LogP contribution < -0.4 is 10.1 Å². The van der Waals surface area contributed by atoms with Gasteiger partial charge >= 0.3 is 0 Å². The molecule has 2 aromatic rings. The number of ether oxygens (including phenoxy) is 1. The Hall–Kier alpha value is -1.62. The van der Waals surface area contributed by atoms with Gasteiger partial charge < -0.3 is 10.1 Å². The predicted molar refractivity (Wildman–Crippen MR) is 72.2 cm³/mol. The summed E-state index contributed by atoms with van der Waals surface area (Å²) in [5, 5.41) is 2.94. The maximum Gasteiger partial charge on any atom is 0.166 e. The molecule has 0 amide bonds. The monoisotopic (exact) mass is 310 g/mol. The van der Waals surface area contributed by atoms with Crippen molar-refractivity contribution in [1.29, 1.82) is 0 Å². The summed E-state index contributed by atoms with van der Waals surface area (Å²) in [5.41, 5.74) is 0.948. The number of hydrogen-bond acceptors (Lipinski definition) is 3. The Kier molecular flexibility index (Phi) is 4.15. The molecule has 5 heteroatoms. The van der Waals surface area contributed by atoms with Gasteiger partial charge in [-0.15, -0.1) is 0 Å². The maximum absolute atomic E-state index is 13.5. The fourth-order valence-corrected chi connectivity index (χ4v) is 1.88. The van der Waals surface area contributed by atoms with Gasteiger partial charge in [0, 0.05) is 22.8 Å². The van der Waals surface area contributed by atoms with E-state index in [2.05, 4.69) is 26.2 Å². The first kappa shape index (κ1) is 12.8. The van der Waals surface area contributed by atoms with E-state index in [0.717, 1.165) is 11.3 Å². The average molecular weight is 311 g/mol. The third-order valence-electron chi connectivity index (χ3n) is 2.45. The lowest BCUT2D eigenvalue weighted by Gasteiger charge is -2.10. The highest BCUT2D eigenvalue weighted by molar-refractivity contribution is 9.10. The second-order valence-corrected chi connectivity index (χ2v) is 4.57. The van der Waals surface area contributed by atoms with Crippen LogP contribution in [0.5, 0.6) is 5.75 Å². The summed E-state index contributed by atoms with van der Waals surface area (Å²) in [5.74, 6) is 0.603. The minimum absolute atomic E-state index is 0.226. The van der Waals surface area contributed by atoms with Crippen LogP contribution >= 0.6 is 15.9 Å². The maximum atomic E-state index is 13.5. The van der Waals surface area contributed by atoms with E-state index in [0.29, 0.717) is 11.0 Å². The van der Waals surface area contributed by atoms with Crippen molar-refractivity contribution in [1.82, 2.24) is 4.98 Å². The molecule has 94 valence electrons. The third kappa shape index (κ3) is 2.98. The van der Waals surface area contributed by atoms with Crippen LogP contribution in [0, 0.1) is 5.82 Å². The summed E-state index contributed by atoms with van der Waals surface area (Å²) in [6.45, 7) is 0.454. The number of rotatable bonds is 4. The molecule has 0 fully saturated rings. The molecule has 18 heavy (non-hydrogen) atoms. The van der Waals surface area contributed by atoms with Gasteiger partial charge in [0.1, 0.15) is 5.75 Å². The highest BCUT2D eigenvalue weighted by Gasteiger charge is 2.06. The fourth-order valence-electron chi connectivity index (χ4n) is 1.57. The Balaban J connectivity index is 2.11. The van der Waals surface area contributed by atoms with Crippen LogP contribution in [0.4, 0.5) is 10.2 Å². The quantitative estimate of drug-likeness (QED) is 0.937. The predicted octanol–water partition coefficient (Wildman–Crippen LogP) is 3.60. The number of nitrogens with one attached hydrogen (secondary N) is 1. The van der Waals surface area contributed by atoms with E-state index < -0.39 is 0 Å². The first-order valence-electron chi connectivity index (χ1n) is 5.37. The van der Waals surface area contributed by atoms with Crippen molar-refractivity contribution in [3.05, 3.63) is 52.4 Å². The lowest BCUT2D eigenvalue weighted by atomic mass is 10.2. The number of halogens is 2. The van der Waals surface area contributed by atoms with Crippen LogP contribution in [0.1, 0.15) is 5.56 Å². The Morgan fingerprint density at radius 3 is 2.89 bits per heavy atom. The number of benzene rings is 1. The summed E-state index contributed by atoms with van der Waals surface area (Å²) >= 11 is 3.16. The number of nitrogens with zero attached hydrogens (tertiary/aromatic N) is 1. The third-order valence-corrected chi connectivity index (χ3v) is 2.88. The Morgan fingerprint density at radius 2 is 2.17 bits per heavy atom. The van der Waals surface area contributed by atoms with Crippen LogP contribution in [0.15, 0.2) is 41.0 Å². The molecule has 0 aliphatic carbocycles. The van der Waals surface area contributed by atoms with Gasteiger partial charge in [-0.1, -0.05) is 18.2 Å². The molecule has 0 bridgehead atoms. The average Bonchev–Trinajstić information content (AvgIpc) is 2.38. The van der Waals surface area contributed by atoms with Crippen molar-refractivity contribution in [2.24, 2.45) is 0 Å². The van der Waals surface area contributed by atoms with Gasteiger partial charge in [0.25, 0.3) is 0 Å². The Labute approximate surface area is 113 Å². The zero-order chi connectivity index (χ0) is 13.0. The zero-order valence-corrected chi connectivity index (χ0v) is 11.4. The molecule has 0 unspecified atom stereocenters. The van der Waals surface area contributed by atoms with Crippen LogP contribution in [0.2, 0.25) is 0 Å². The molecule has 1 aromatic carbocycles. The molecular formula is C13H12BrFN2O. The van der Waals surface area contributed by atoms with E-state index in [-0.39, 0.29) is 11.6 Å². The molecular weight excluding hydrogens is 299 g/mol. The zero-order valence-electron chi connectivity index (χ0n) is 9.78. The lowest BCUT2D eigenvalue weighted by Crippen LogP contribution is -2.04. The molecule has 2 rings (SSSR count). The lowest BCUT2D eigenvalue weighted by molar-refractivity contribution is 0.410. The summed E-state index contributed by atoms with van der Waals surface area (Å²) in [6.07, 6.45) is 1.55. The van der Waals surface area contributed by atoms with Crippen molar-refractivity contribution in [3.63, 3.8) is 0 Å². The molecule has 0 radical (unpaired) electrons. The molecule has 1 N–H and O–H groups in total. The molecule has 0 saturated heterocycles. The molecule has 1 aromatic heterocycles. The second kappa shape index (κ2) is 5.82. The number of aromatic nitrogens is 1. The van der Waals surface area contributed by atoms with Gasteiger partial charge in [0.05, 0.1) is 7.11 Å². The van der Waals surface area contributed by atoms with Crippen molar-refractivity contribution >= 4 is 21.7 Å². The summed E-state index contributed by atoms with van der Waals surface area (Å²) in [7, 11) is 1.61. The van der Waals surface area contributed by atoms with Gasteiger partial charge in [-0.05, 0) is 28.1 Å². The van der Waals surface area contributed by atoms with E-state index in [9.17, 15) is 4.39 Å². The molecule has 0 atom stereocenters. The summed E-state index contributed by atoms with van der Waals surface area (Å²) in [4.78, 5) is 3.97. The van der Waals surface area contributed by atoms with E-state index >= 15 is 0 Å². The Morgan fingerprint density at radius 1 is 1.39 bits per heavy atom. The number of pyridine rings is 1. The van der Waals surface area contributed by atoms with E-state index in [1.165, 1.54) is 6.07 Å². The molecule has 3 nitrogen and oxygen atoms in total. The summed E-state index contributed by atoms with van der Waals surface area (Å²) < 4.78 is 19.4. The van der Waals surface area contributed by atoms with Crippen LogP contribution in [-0.2, 0) is 6.54 Å². The van der Waals surface area contributed by atoms with Gasteiger partial charge in [0.2, 0.25) is 0 Å². The first-order chi connectivity index (χ1) is 8.70. The highest BCUT2D eigenvalue weighted by atomic mass is 79.9. The fraction of sp³-hybridized carbons (Fsp3) is 0.154. The normalized spacial score (nSPS) is 10.2. The molecule has 0 saturated carbocycles. The van der Waals surface area contributed by atoms with E-state index in [1.807, 2.05) is 24.3 Å². The largest absolute Gasteiger partial charge is 0.496 e. The van der Waals surface area contributed by atoms with Crippen LogP contribution in [0.25, 0.3) is 0 Å². The standard InChI is InChI=1S/C13H12BrFN2O/c1-18-12-5-3-2-4-9(12)7-16-13-11(15)6-10(14)8-17-13/h2-6,8H,7H2,1H3,(H,16,17). The summed E-state index contributed by atoms with van der Waals surface area (Å²) in [6, 6.07) is 8.95. The van der Waals surface area contributed by atoms with Crippen molar-refractivity contribution in [2.75, 3.05) is 12.4 Å². The topological polar surface area (TPSA) is 34.1 Å². The van der Waals surface area contributed by atoms with E-state index in [4.69, 9.17) is 4.74 Å². The van der Waals surface area contributed by atoms with Gasteiger partial charge in [0.15, 0.2) is 11.6 Å². The number of hydrogen-bond donors (Lipinski definition) is 1. The minimum atomic E-state index is -0.390. The van der Waals surface area contributed by atoms with Crippen LogP contribution in [-0.4, -0.2) is 12.1 Å². The second-order valence-electron chi connectivity index (χ2n) is 3.65. The Bertz CT molecular complexity index is 548. The van der Waals surface area contributed by atoms with Gasteiger partial charge in [-0.2, -0.15) is 0 Å². The van der Waals surface area contributed by atoms with Crippen molar-refractivity contribution < 1.29 is 9.13 Å². The van der Waals surface area contributed by atoms with E-state index in [1.54, 1.807) is 13.3 Å². The van der Waals surface area contributed by atoms with Gasteiger partial charge in [-0.25, -0.2) is 9.37 Å².